The van der Waals surface area contributed by atoms with Crippen molar-refractivity contribution in [3.05, 3.63) is 33.8 Å². The Morgan fingerprint density at radius 3 is 2.75 bits per heavy atom. The van der Waals surface area contributed by atoms with Crippen LogP contribution in [0.2, 0.25) is 0 Å². The van der Waals surface area contributed by atoms with Gasteiger partial charge in [0.2, 0.25) is 5.91 Å². The van der Waals surface area contributed by atoms with E-state index in [0.717, 1.165) is 15.6 Å². The van der Waals surface area contributed by atoms with Crippen molar-refractivity contribution in [2.75, 3.05) is 6.54 Å². The zero-order valence-corrected chi connectivity index (χ0v) is 10.4. The fourth-order valence-corrected chi connectivity index (χ4v) is 1.66. The highest BCUT2D eigenvalue weighted by atomic mass is 79.9. The maximum Gasteiger partial charge on any atom is 0.322 e. The third-order valence-electron chi connectivity index (χ3n) is 2.17. The summed E-state index contributed by atoms with van der Waals surface area (Å²) >= 11 is 3.37. The predicted molar refractivity (Wildman–Crippen MR) is 63.2 cm³/mol. The van der Waals surface area contributed by atoms with Crippen LogP contribution in [0.5, 0.6) is 0 Å². The Balaban J connectivity index is 2.63. The lowest BCUT2D eigenvalue weighted by Gasteiger charge is -2.07. The van der Waals surface area contributed by atoms with Crippen molar-refractivity contribution < 1.29 is 14.7 Å². The van der Waals surface area contributed by atoms with Crippen LogP contribution in [0, 0.1) is 6.92 Å². The molecule has 0 heterocycles. The number of rotatable bonds is 4. The van der Waals surface area contributed by atoms with E-state index in [4.69, 9.17) is 5.11 Å². The highest BCUT2D eigenvalue weighted by Crippen LogP contribution is 2.19. The Labute approximate surface area is 102 Å². The topological polar surface area (TPSA) is 66.4 Å². The first-order valence-corrected chi connectivity index (χ1v) is 5.52. The summed E-state index contributed by atoms with van der Waals surface area (Å²) in [6.07, 6.45) is 0.193. The molecule has 1 rings (SSSR count). The number of benzene rings is 1. The largest absolute Gasteiger partial charge is 0.480 e. The summed E-state index contributed by atoms with van der Waals surface area (Å²) < 4.78 is 0.941. The number of carboxylic acid groups (broad SMARTS) is 1. The van der Waals surface area contributed by atoms with Gasteiger partial charge in [0, 0.05) is 4.47 Å². The molecular weight excluding hydrogens is 274 g/mol. The van der Waals surface area contributed by atoms with Gasteiger partial charge in [0.05, 0.1) is 6.42 Å². The van der Waals surface area contributed by atoms with Gasteiger partial charge in [0.15, 0.2) is 0 Å². The maximum absolute atomic E-state index is 11.4. The van der Waals surface area contributed by atoms with Gasteiger partial charge < -0.3 is 10.4 Å². The first-order chi connectivity index (χ1) is 7.50. The average molecular weight is 286 g/mol. The lowest BCUT2D eigenvalue weighted by molar-refractivity contribution is -0.137. The average Bonchev–Trinajstić information content (AvgIpc) is 2.22. The highest BCUT2D eigenvalue weighted by molar-refractivity contribution is 9.10. The van der Waals surface area contributed by atoms with Gasteiger partial charge in [-0.1, -0.05) is 28.1 Å². The number of carbonyl (C=O) groups excluding carboxylic acids is 1. The van der Waals surface area contributed by atoms with Crippen molar-refractivity contribution >= 4 is 27.8 Å². The lowest BCUT2D eigenvalue weighted by atomic mass is 10.1. The molecule has 1 amide bonds. The lowest BCUT2D eigenvalue weighted by Crippen LogP contribution is -2.30. The van der Waals surface area contributed by atoms with Crippen LogP contribution >= 0.6 is 15.9 Å². The van der Waals surface area contributed by atoms with Crippen molar-refractivity contribution in [2.24, 2.45) is 0 Å². The van der Waals surface area contributed by atoms with Crippen LogP contribution < -0.4 is 5.32 Å². The monoisotopic (exact) mass is 285 g/mol. The van der Waals surface area contributed by atoms with Gasteiger partial charge in [-0.15, -0.1) is 0 Å². The van der Waals surface area contributed by atoms with Crippen LogP contribution in [0.15, 0.2) is 22.7 Å². The third-order valence-corrected chi connectivity index (χ3v) is 3.03. The molecule has 1 aromatic carbocycles. The fourth-order valence-electron chi connectivity index (χ4n) is 1.25. The molecule has 0 atom stereocenters. The molecular formula is C11H12BrNO3. The predicted octanol–water partition coefficient (Wildman–Crippen LogP) is 1.50. The molecule has 5 heteroatoms. The van der Waals surface area contributed by atoms with E-state index >= 15 is 0 Å². The van der Waals surface area contributed by atoms with E-state index in [1.54, 1.807) is 0 Å². The van der Waals surface area contributed by atoms with Crippen LogP contribution in [-0.2, 0) is 16.0 Å². The van der Waals surface area contributed by atoms with Crippen molar-refractivity contribution in [3.8, 4) is 0 Å². The minimum atomic E-state index is -1.04. The van der Waals surface area contributed by atoms with Gasteiger partial charge in [-0.25, -0.2) is 0 Å². The number of nitrogens with one attached hydrogen (secondary N) is 1. The standard InChI is InChI=1S/C11H12BrNO3/c1-7-8(3-2-4-9(7)12)5-10(14)13-6-11(15)16/h2-4H,5-6H2,1H3,(H,13,14)(H,15,16). The first-order valence-electron chi connectivity index (χ1n) is 4.73. The summed E-state index contributed by atoms with van der Waals surface area (Å²) in [7, 11) is 0. The Kier molecular flexibility index (Phi) is 4.49. The van der Waals surface area contributed by atoms with E-state index in [1.807, 2.05) is 25.1 Å². The maximum atomic E-state index is 11.4. The van der Waals surface area contributed by atoms with Gasteiger partial charge in [-0.3, -0.25) is 9.59 Å². The number of carboxylic acids is 1. The second-order valence-corrected chi connectivity index (χ2v) is 4.23. The Morgan fingerprint density at radius 2 is 2.12 bits per heavy atom. The molecule has 0 spiro atoms. The van der Waals surface area contributed by atoms with Gasteiger partial charge >= 0.3 is 5.97 Å². The van der Waals surface area contributed by atoms with Crippen LogP contribution in [0.25, 0.3) is 0 Å². The van der Waals surface area contributed by atoms with E-state index in [0.29, 0.717) is 0 Å². The minimum absolute atomic E-state index is 0.193. The highest BCUT2D eigenvalue weighted by Gasteiger charge is 2.08. The normalized spacial score (nSPS) is 9.88. The Bertz CT molecular complexity index is 418. The molecule has 86 valence electrons. The van der Waals surface area contributed by atoms with Gasteiger partial charge in [-0.05, 0) is 24.1 Å². The third kappa shape index (κ3) is 3.66. The van der Waals surface area contributed by atoms with Crippen molar-refractivity contribution in [1.29, 1.82) is 0 Å². The molecule has 0 saturated carbocycles. The summed E-state index contributed by atoms with van der Waals surface area (Å²) in [5, 5.41) is 10.7. The number of halogens is 1. The van der Waals surface area contributed by atoms with Crippen LogP contribution in [0.3, 0.4) is 0 Å². The van der Waals surface area contributed by atoms with E-state index in [-0.39, 0.29) is 18.9 Å². The molecule has 2 N–H and O–H groups in total. The quantitative estimate of drug-likeness (QED) is 0.881. The van der Waals surface area contributed by atoms with Gasteiger partial charge in [-0.2, -0.15) is 0 Å². The summed E-state index contributed by atoms with van der Waals surface area (Å²) in [5.41, 5.74) is 1.88. The molecule has 0 aromatic heterocycles. The number of carbonyl (C=O) groups is 2. The molecule has 1 aromatic rings. The molecule has 16 heavy (non-hydrogen) atoms. The molecule has 0 aliphatic rings. The number of hydrogen-bond acceptors (Lipinski definition) is 2. The number of hydrogen-bond donors (Lipinski definition) is 2. The van der Waals surface area contributed by atoms with E-state index in [1.165, 1.54) is 0 Å². The molecule has 0 radical (unpaired) electrons. The van der Waals surface area contributed by atoms with Gasteiger partial charge in [0.1, 0.15) is 6.54 Å². The smallest absolute Gasteiger partial charge is 0.322 e. The molecule has 0 saturated heterocycles. The molecule has 4 nitrogen and oxygen atoms in total. The molecule has 0 unspecified atom stereocenters. The number of aliphatic carboxylic acids is 1. The summed E-state index contributed by atoms with van der Waals surface area (Å²) in [5.74, 6) is -1.33. The SMILES string of the molecule is Cc1c(Br)cccc1CC(=O)NCC(=O)O. The summed E-state index contributed by atoms with van der Waals surface area (Å²) in [4.78, 5) is 21.6. The minimum Gasteiger partial charge on any atom is -0.480 e. The van der Waals surface area contributed by atoms with E-state index in [2.05, 4.69) is 21.2 Å². The summed E-state index contributed by atoms with van der Waals surface area (Å²) in [6, 6.07) is 5.59. The fraction of sp³-hybridized carbons (Fsp3) is 0.273. The van der Waals surface area contributed by atoms with E-state index in [9.17, 15) is 9.59 Å². The van der Waals surface area contributed by atoms with Crippen molar-refractivity contribution in [3.63, 3.8) is 0 Å². The number of amides is 1. The molecule has 0 fully saturated rings. The zero-order valence-electron chi connectivity index (χ0n) is 8.79. The Morgan fingerprint density at radius 1 is 1.44 bits per heavy atom. The molecule has 0 aliphatic heterocycles. The van der Waals surface area contributed by atoms with Gasteiger partial charge in [0.25, 0.3) is 0 Å². The molecule has 0 bridgehead atoms. The van der Waals surface area contributed by atoms with Crippen molar-refractivity contribution in [2.45, 2.75) is 13.3 Å². The Hall–Kier alpha value is -1.36. The second-order valence-electron chi connectivity index (χ2n) is 3.37. The molecule has 0 aliphatic carbocycles. The van der Waals surface area contributed by atoms with Crippen molar-refractivity contribution in [1.82, 2.24) is 5.32 Å². The van der Waals surface area contributed by atoms with Crippen LogP contribution in [0.1, 0.15) is 11.1 Å². The zero-order chi connectivity index (χ0) is 12.1. The van der Waals surface area contributed by atoms with E-state index < -0.39 is 5.97 Å². The second kappa shape index (κ2) is 5.65. The first kappa shape index (κ1) is 12.7. The summed E-state index contributed by atoms with van der Waals surface area (Å²) in [6.45, 7) is 1.57. The van der Waals surface area contributed by atoms with Crippen LogP contribution in [0.4, 0.5) is 0 Å². The van der Waals surface area contributed by atoms with Crippen LogP contribution in [-0.4, -0.2) is 23.5 Å².